The van der Waals surface area contributed by atoms with Crippen LogP contribution in [0, 0.1) is 0 Å². The summed E-state index contributed by atoms with van der Waals surface area (Å²) in [6.07, 6.45) is 3.35. The lowest BCUT2D eigenvalue weighted by Crippen LogP contribution is -2.46. The van der Waals surface area contributed by atoms with Crippen molar-refractivity contribution in [2.75, 3.05) is 20.8 Å². The van der Waals surface area contributed by atoms with Crippen LogP contribution in [0.15, 0.2) is 24.3 Å². The van der Waals surface area contributed by atoms with Crippen molar-refractivity contribution in [2.24, 2.45) is 0 Å². The minimum absolute atomic E-state index is 0.0697. The predicted octanol–water partition coefficient (Wildman–Crippen LogP) is 4.33. The molecule has 5 heteroatoms. The van der Waals surface area contributed by atoms with Gasteiger partial charge in [-0.25, -0.2) is 0 Å². The van der Waals surface area contributed by atoms with E-state index in [4.69, 9.17) is 9.47 Å². The van der Waals surface area contributed by atoms with E-state index in [0.29, 0.717) is 11.5 Å². The molecular weight excluding hydrogens is 354 g/mol. The van der Waals surface area contributed by atoms with Crippen LogP contribution < -0.4 is 9.47 Å². The second kappa shape index (κ2) is 5.92. The van der Waals surface area contributed by atoms with Gasteiger partial charge in [0.15, 0.2) is 23.0 Å². The molecule has 0 saturated carbocycles. The van der Waals surface area contributed by atoms with Crippen LogP contribution in [-0.2, 0) is 13.0 Å². The molecule has 5 nitrogen and oxygen atoms in total. The molecule has 0 aromatic heterocycles. The lowest BCUT2D eigenvalue weighted by molar-refractivity contribution is 0.134. The van der Waals surface area contributed by atoms with Crippen molar-refractivity contribution >= 4 is 21.5 Å². The summed E-state index contributed by atoms with van der Waals surface area (Å²) in [4.78, 5) is 2.57. The summed E-state index contributed by atoms with van der Waals surface area (Å²) in [5.74, 6) is 1.08. The van der Waals surface area contributed by atoms with Crippen LogP contribution in [0.1, 0.15) is 30.9 Å². The second-order valence-electron chi connectivity index (χ2n) is 8.26. The van der Waals surface area contributed by atoms with Gasteiger partial charge in [0.25, 0.3) is 0 Å². The maximum atomic E-state index is 11.0. The Labute approximate surface area is 164 Å². The minimum Gasteiger partial charge on any atom is -0.504 e. The van der Waals surface area contributed by atoms with Crippen LogP contribution in [-0.4, -0.2) is 41.4 Å². The van der Waals surface area contributed by atoms with E-state index in [-0.39, 0.29) is 17.0 Å². The summed E-state index contributed by atoms with van der Waals surface area (Å²) in [7, 11) is 3.12. The first kappa shape index (κ1) is 17.4. The summed E-state index contributed by atoms with van der Waals surface area (Å²) in [5.41, 5.74) is 2.71. The molecule has 2 N–H and O–H groups in total. The Morgan fingerprint density at radius 2 is 1.75 bits per heavy atom. The Balaban J connectivity index is 1.94. The van der Waals surface area contributed by atoms with E-state index in [1.807, 2.05) is 18.2 Å². The number of rotatable bonds is 2. The van der Waals surface area contributed by atoms with Gasteiger partial charge in [-0.15, -0.1) is 0 Å². The average molecular weight is 379 g/mol. The third-order valence-corrected chi connectivity index (χ3v) is 6.78. The minimum atomic E-state index is 0.0697. The third kappa shape index (κ3) is 2.23. The number of phenolic OH excluding ortho intramolecular Hbond substituents is 2. The number of methoxy groups -OCH3 is 2. The monoisotopic (exact) mass is 379 g/mol. The first-order chi connectivity index (χ1) is 13.5. The van der Waals surface area contributed by atoms with Crippen LogP contribution >= 0.6 is 0 Å². The highest BCUT2D eigenvalue weighted by atomic mass is 16.5. The van der Waals surface area contributed by atoms with Crippen molar-refractivity contribution in [1.29, 1.82) is 0 Å². The predicted molar refractivity (Wildman–Crippen MR) is 110 cm³/mol. The fourth-order valence-electron chi connectivity index (χ4n) is 5.28. The maximum Gasteiger partial charge on any atom is 0.166 e. The number of benzene rings is 3. The van der Waals surface area contributed by atoms with Crippen LogP contribution in [0.3, 0.4) is 0 Å². The molecule has 146 valence electrons. The van der Waals surface area contributed by atoms with E-state index in [1.54, 1.807) is 20.3 Å². The Hall–Kier alpha value is -2.66. The van der Waals surface area contributed by atoms with Crippen molar-refractivity contribution in [1.82, 2.24) is 4.90 Å². The molecule has 1 fully saturated rings. The summed E-state index contributed by atoms with van der Waals surface area (Å²) < 4.78 is 10.8. The summed E-state index contributed by atoms with van der Waals surface area (Å²) in [6.45, 7) is 4.33. The van der Waals surface area contributed by atoms with E-state index in [1.165, 1.54) is 24.0 Å². The standard InChI is InChI=1S/C23H25NO4/c1-23-7-4-8-24(23)12-17-14-10-20(28-3)18(25)9-15(14)21-13(16(17)11-23)5-6-19(27-2)22(21)26/h5-6,9-10,25-26H,4,7-8,11-12H2,1-3H3/t23-/m0/s1. The first-order valence-electron chi connectivity index (χ1n) is 9.76. The zero-order valence-corrected chi connectivity index (χ0v) is 16.5. The van der Waals surface area contributed by atoms with Crippen LogP contribution in [0.5, 0.6) is 23.0 Å². The number of nitrogens with zero attached hydrogens (tertiary/aromatic N) is 1. The number of hydrogen-bond acceptors (Lipinski definition) is 5. The van der Waals surface area contributed by atoms with Gasteiger partial charge in [-0.1, -0.05) is 6.07 Å². The highest BCUT2D eigenvalue weighted by Crippen LogP contribution is 2.49. The molecule has 1 saturated heterocycles. The van der Waals surface area contributed by atoms with Gasteiger partial charge in [0, 0.05) is 17.5 Å². The van der Waals surface area contributed by atoms with Gasteiger partial charge in [0.05, 0.1) is 14.2 Å². The second-order valence-corrected chi connectivity index (χ2v) is 8.26. The van der Waals surface area contributed by atoms with Crippen molar-refractivity contribution in [3.05, 3.63) is 35.4 Å². The summed E-state index contributed by atoms with van der Waals surface area (Å²) in [5, 5.41) is 25.0. The molecule has 2 aliphatic heterocycles. The fraction of sp³-hybridized carbons (Fsp3) is 0.391. The maximum absolute atomic E-state index is 11.0. The third-order valence-electron chi connectivity index (χ3n) is 6.78. The van der Waals surface area contributed by atoms with E-state index in [2.05, 4.69) is 11.8 Å². The van der Waals surface area contributed by atoms with E-state index in [9.17, 15) is 10.2 Å². The Morgan fingerprint density at radius 1 is 0.964 bits per heavy atom. The van der Waals surface area contributed by atoms with Crippen molar-refractivity contribution in [2.45, 2.75) is 38.3 Å². The molecule has 2 heterocycles. The Morgan fingerprint density at radius 3 is 2.50 bits per heavy atom. The van der Waals surface area contributed by atoms with Crippen molar-refractivity contribution < 1.29 is 19.7 Å². The Bertz CT molecular complexity index is 1120. The van der Waals surface area contributed by atoms with E-state index >= 15 is 0 Å². The van der Waals surface area contributed by atoms with Gasteiger partial charge >= 0.3 is 0 Å². The molecule has 3 aromatic carbocycles. The largest absolute Gasteiger partial charge is 0.504 e. The van der Waals surface area contributed by atoms with Gasteiger partial charge in [0.2, 0.25) is 0 Å². The molecule has 1 atom stereocenters. The highest BCUT2D eigenvalue weighted by Gasteiger charge is 2.41. The molecule has 5 rings (SSSR count). The molecule has 2 aliphatic rings. The molecule has 0 unspecified atom stereocenters. The Kier molecular flexibility index (Phi) is 3.68. The van der Waals surface area contributed by atoms with Crippen LogP contribution in [0.4, 0.5) is 0 Å². The molecule has 0 radical (unpaired) electrons. The van der Waals surface area contributed by atoms with Crippen LogP contribution in [0.25, 0.3) is 21.5 Å². The lowest BCUT2D eigenvalue weighted by atomic mass is 9.79. The first-order valence-corrected chi connectivity index (χ1v) is 9.76. The zero-order chi connectivity index (χ0) is 19.6. The molecule has 3 aromatic rings. The quantitative estimate of drug-likeness (QED) is 0.649. The van der Waals surface area contributed by atoms with E-state index < -0.39 is 0 Å². The van der Waals surface area contributed by atoms with Crippen LogP contribution in [0.2, 0.25) is 0 Å². The summed E-state index contributed by atoms with van der Waals surface area (Å²) >= 11 is 0. The summed E-state index contributed by atoms with van der Waals surface area (Å²) in [6, 6.07) is 7.48. The molecule has 0 amide bonds. The van der Waals surface area contributed by atoms with Gasteiger partial charge in [-0.3, -0.25) is 4.90 Å². The molecule has 28 heavy (non-hydrogen) atoms. The SMILES string of the molecule is COc1cc2c3c(c4ccc(OC)c(O)c4c2cc1O)C[C@]1(C)CCCN1C3. The number of fused-ring (bicyclic) bond motifs is 7. The average Bonchev–Trinajstić information content (AvgIpc) is 3.06. The smallest absolute Gasteiger partial charge is 0.166 e. The van der Waals surface area contributed by atoms with Gasteiger partial charge in [-0.2, -0.15) is 0 Å². The lowest BCUT2D eigenvalue weighted by Gasteiger charge is -2.41. The van der Waals surface area contributed by atoms with Gasteiger partial charge in [0.1, 0.15) is 0 Å². The number of hydrogen-bond donors (Lipinski definition) is 2. The van der Waals surface area contributed by atoms with Crippen molar-refractivity contribution in [3.63, 3.8) is 0 Å². The van der Waals surface area contributed by atoms with Gasteiger partial charge < -0.3 is 19.7 Å². The molecular formula is C23H25NO4. The highest BCUT2D eigenvalue weighted by molar-refractivity contribution is 6.15. The van der Waals surface area contributed by atoms with Crippen molar-refractivity contribution in [3.8, 4) is 23.0 Å². The molecule has 0 spiro atoms. The zero-order valence-electron chi connectivity index (χ0n) is 16.5. The fourth-order valence-corrected chi connectivity index (χ4v) is 5.28. The number of phenols is 2. The van der Waals surface area contributed by atoms with E-state index in [0.717, 1.165) is 41.1 Å². The molecule has 0 aliphatic carbocycles. The molecule has 0 bridgehead atoms. The number of ether oxygens (including phenoxy) is 2. The number of aromatic hydroxyl groups is 2. The van der Waals surface area contributed by atoms with Gasteiger partial charge in [-0.05, 0) is 78.2 Å². The topological polar surface area (TPSA) is 62.2 Å². The normalized spacial score (nSPS) is 21.7.